The topological polar surface area (TPSA) is 78.9 Å². The van der Waals surface area contributed by atoms with Gasteiger partial charge in [0.15, 0.2) is 6.10 Å². The summed E-state index contributed by atoms with van der Waals surface area (Å²) in [7, 11) is 0. The average molecular weight is 899 g/mol. The van der Waals surface area contributed by atoms with Crippen LogP contribution in [0.4, 0.5) is 0 Å². The Morgan fingerprint density at radius 2 is 0.562 bits per heavy atom. The van der Waals surface area contributed by atoms with Crippen molar-refractivity contribution in [2.45, 2.75) is 303 Å². The first kappa shape index (κ1) is 61.6. The number of carbonyl (C=O) groups excluding carboxylic acids is 3. The van der Waals surface area contributed by atoms with Gasteiger partial charge in [-0.15, -0.1) is 0 Å². The fourth-order valence-electron chi connectivity index (χ4n) is 8.16. The lowest BCUT2D eigenvalue weighted by Crippen LogP contribution is -2.30. The fourth-order valence-corrected chi connectivity index (χ4v) is 8.16. The molecule has 6 nitrogen and oxygen atoms in total. The average Bonchev–Trinajstić information content (AvgIpc) is 3.29. The summed E-state index contributed by atoms with van der Waals surface area (Å²) in [6.45, 7) is 6.61. The number of hydrogen-bond acceptors (Lipinski definition) is 6. The molecule has 0 aromatic heterocycles. The zero-order chi connectivity index (χ0) is 46.5. The van der Waals surface area contributed by atoms with Crippen LogP contribution in [0.1, 0.15) is 297 Å². The third-order valence-corrected chi connectivity index (χ3v) is 12.4. The molecular formula is C58H106O6. The molecule has 0 spiro atoms. The van der Waals surface area contributed by atoms with E-state index in [1.807, 2.05) is 0 Å². The maximum Gasteiger partial charge on any atom is 0.306 e. The van der Waals surface area contributed by atoms with E-state index in [9.17, 15) is 14.4 Å². The van der Waals surface area contributed by atoms with Crippen LogP contribution in [0.25, 0.3) is 0 Å². The Bertz CT molecular complexity index is 1080. The summed E-state index contributed by atoms with van der Waals surface area (Å²) >= 11 is 0. The molecular weight excluding hydrogens is 793 g/mol. The Morgan fingerprint density at radius 3 is 0.875 bits per heavy atom. The van der Waals surface area contributed by atoms with Crippen LogP contribution < -0.4 is 0 Å². The van der Waals surface area contributed by atoms with E-state index >= 15 is 0 Å². The van der Waals surface area contributed by atoms with Gasteiger partial charge in [0.25, 0.3) is 0 Å². The Balaban J connectivity index is 4.08. The largest absolute Gasteiger partial charge is 0.462 e. The summed E-state index contributed by atoms with van der Waals surface area (Å²) in [5.74, 6) is -0.863. The highest BCUT2D eigenvalue weighted by Crippen LogP contribution is 2.16. The molecule has 0 saturated heterocycles. The zero-order valence-electron chi connectivity index (χ0n) is 42.8. The predicted octanol–water partition coefficient (Wildman–Crippen LogP) is 18.5. The van der Waals surface area contributed by atoms with Crippen LogP contribution in [0, 0.1) is 0 Å². The van der Waals surface area contributed by atoms with Crippen molar-refractivity contribution in [2.75, 3.05) is 13.2 Å². The van der Waals surface area contributed by atoms with Crippen molar-refractivity contribution in [3.8, 4) is 0 Å². The maximum absolute atomic E-state index is 12.7. The Hall–Kier alpha value is -2.37. The lowest BCUT2D eigenvalue weighted by Gasteiger charge is -2.18. The molecule has 0 N–H and O–H groups in total. The number of hydrogen-bond donors (Lipinski definition) is 0. The van der Waals surface area contributed by atoms with Crippen LogP contribution in [0.5, 0.6) is 0 Å². The van der Waals surface area contributed by atoms with Crippen LogP contribution in [0.15, 0.2) is 36.5 Å². The smallest absolute Gasteiger partial charge is 0.306 e. The van der Waals surface area contributed by atoms with Crippen molar-refractivity contribution >= 4 is 17.9 Å². The first-order valence-corrected chi connectivity index (χ1v) is 28.0. The first-order chi connectivity index (χ1) is 31.5. The van der Waals surface area contributed by atoms with Gasteiger partial charge in [0.05, 0.1) is 0 Å². The van der Waals surface area contributed by atoms with E-state index in [1.165, 1.54) is 186 Å². The third-order valence-electron chi connectivity index (χ3n) is 12.4. The molecule has 0 heterocycles. The monoisotopic (exact) mass is 899 g/mol. The van der Waals surface area contributed by atoms with E-state index in [-0.39, 0.29) is 31.1 Å². The van der Waals surface area contributed by atoms with Gasteiger partial charge in [-0.1, -0.05) is 256 Å². The SMILES string of the molecule is CCCCCCC/C=C\C/C=C\C/C=C\CCCCCCCCCCCCCCC(=O)OCC(COC(=O)CCCCCCCCCC)OC(=O)CCCCCCCCCCCCC. The zero-order valence-corrected chi connectivity index (χ0v) is 42.8. The van der Waals surface area contributed by atoms with Gasteiger partial charge in [-0.25, -0.2) is 0 Å². The highest BCUT2D eigenvalue weighted by atomic mass is 16.6. The second-order valence-corrected chi connectivity index (χ2v) is 18.9. The standard InChI is InChI=1S/C58H106O6/c1-4-7-10-13-16-19-21-22-23-24-25-26-27-28-29-30-31-32-33-34-35-36-38-39-42-45-48-51-57(60)63-54-55(53-62-56(59)50-47-44-41-18-15-12-9-6-3)64-58(61)52-49-46-43-40-37-20-17-14-11-8-5-2/h21-22,24-25,27-28,55H,4-20,23,26,29-54H2,1-3H3/b22-21-,25-24-,28-27-. The minimum absolute atomic E-state index is 0.0684. The van der Waals surface area contributed by atoms with Crippen LogP contribution >= 0.6 is 0 Å². The molecule has 374 valence electrons. The maximum atomic E-state index is 12.7. The Morgan fingerprint density at radius 1 is 0.312 bits per heavy atom. The molecule has 0 bridgehead atoms. The van der Waals surface area contributed by atoms with Crippen molar-refractivity contribution in [1.29, 1.82) is 0 Å². The minimum atomic E-state index is -0.765. The van der Waals surface area contributed by atoms with Crippen molar-refractivity contribution in [2.24, 2.45) is 0 Å². The lowest BCUT2D eigenvalue weighted by molar-refractivity contribution is -0.167. The van der Waals surface area contributed by atoms with Crippen LogP contribution in [-0.4, -0.2) is 37.2 Å². The van der Waals surface area contributed by atoms with Crippen molar-refractivity contribution < 1.29 is 28.6 Å². The van der Waals surface area contributed by atoms with Gasteiger partial charge >= 0.3 is 17.9 Å². The Kier molecular flexibility index (Phi) is 51.3. The number of esters is 3. The van der Waals surface area contributed by atoms with Gasteiger partial charge in [-0.05, 0) is 57.8 Å². The molecule has 0 aliphatic rings. The number of unbranched alkanes of at least 4 members (excludes halogenated alkanes) is 34. The predicted molar refractivity (Wildman–Crippen MR) is 275 cm³/mol. The van der Waals surface area contributed by atoms with Gasteiger partial charge in [0.2, 0.25) is 0 Å². The third kappa shape index (κ3) is 50.6. The first-order valence-electron chi connectivity index (χ1n) is 28.0. The number of carbonyl (C=O) groups is 3. The van der Waals surface area contributed by atoms with Gasteiger partial charge in [0, 0.05) is 19.3 Å². The number of allylic oxidation sites excluding steroid dienone is 6. The Labute approximate surface area is 397 Å². The van der Waals surface area contributed by atoms with Crippen LogP contribution in [0.2, 0.25) is 0 Å². The molecule has 0 aromatic rings. The molecule has 0 amide bonds. The minimum Gasteiger partial charge on any atom is -0.462 e. The van der Waals surface area contributed by atoms with Crippen LogP contribution in [0.3, 0.4) is 0 Å². The van der Waals surface area contributed by atoms with E-state index in [0.29, 0.717) is 19.3 Å². The van der Waals surface area contributed by atoms with Gasteiger partial charge in [-0.2, -0.15) is 0 Å². The lowest BCUT2D eigenvalue weighted by atomic mass is 10.0. The molecule has 1 unspecified atom stereocenters. The summed E-state index contributed by atoms with van der Waals surface area (Å²) in [4.78, 5) is 37.8. The molecule has 0 aliphatic heterocycles. The van der Waals surface area contributed by atoms with E-state index in [0.717, 1.165) is 70.6 Å². The number of rotatable bonds is 51. The summed E-state index contributed by atoms with van der Waals surface area (Å²) in [6, 6.07) is 0. The second kappa shape index (κ2) is 53.2. The molecule has 64 heavy (non-hydrogen) atoms. The molecule has 0 rings (SSSR count). The van der Waals surface area contributed by atoms with Gasteiger partial charge in [-0.3, -0.25) is 14.4 Å². The van der Waals surface area contributed by atoms with Crippen LogP contribution in [-0.2, 0) is 28.6 Å². The summed E-state index contributed by atoms with van der Waals surface area (Å²) in [5.41, 5.74) is 0. The van der Waals surface area contributed by atoms with Gasteiger partial charge < -0.3 is 14.2 Å². The molecule has 0 radical (unpaired) electrons. The van der Waals surface area contributed by atoms with E-state index < -0.39 is 6.10 Å². The normalized spacial score (nSPS) is 12.2. The van der Waals surface area contributed by atoms with Crippen molar-refractivity contribution in [3.05, 3.63) is 36.5 Å². The molecule has 0 aliphatic carbocycles. The second-order valence-electron chi connectivity index (χ2n) is 18.9. The van der Waals surface area contributed by atoms with Crippen molar-refractivity contribution in [3.63, 3.8) is 0 Å². The van der Waals surface area contributed by atoms with E-state index in [1.54, 1.807) is 0 Å². The fraction of sp³-hybridized carbons (Fsp3) is 0.845. The highest BCUT2D eigenvalue weighted by Gasteiger charge is 2.19. The molecule has 6 heteroatoms. The number of ether oxygens (including phenoxy) is 3. The molecule has 0 aromatic carbocycles. The molecule has 1 atom stereocenters. The summed E-state index contributed by atoms with van der Waals surface area (Å²) in [6.07, 6.45) is 63.0. The molecule has 0 saturated carbocycles. The summed E-state index contributed by atoms with van der Waals surface area (Å²) in [5, 5.41) is 0. The van der Waals surface area contributed by atoms with E-state index in [2.05, 4.69) is 57.2 Å². The highest BCUT2D eigenvalue weighted by molar-refractivity contribution is 5.71. The molecule has 0 fully saturated rings. The van der Waals surface area contributed by atoms with Gasteiger partial charge in [0.1, 0.15) is 13.2 Å². The summed E-state index contributed by atoms with van der Waals surface area (Å²) < 4.78 is 16.8. The quantitative estimate of drug-likeness (QED) is 0.0262. The van der Waals surface area contributed by atoms with E-state index in [4.69, 9.17) is 14.2 Å². The van der Waals surface area contributed by atoms with Crippen molar-refractivity contribution in [1.82, 2.24) is 0 Å².